The molecule has 2 aromatic rings. The second kappa shape index (κ2) is 3.07. The van der Waals surface area contributed by atoms with Crippen molar-refractivity contribution in [3.05, 3.63) is 24.3 Å². The minimum atomic E-state index is 0.172. The van der Waals surface area contributed by atoms with E-state index in [-0.39, 0.29) is 5.54 Å². The fourth-order valence-electron chi connectivity index (χ4n) is 1.70. The summed E-state index contributed by atoms with van der Waals surface area (Å²) in [6.07, 6.45) is 2.34. The van der Waals surface area contributed by atoms with E-state index in [1.165, 1.54) is 12.8 Å². The van der Waals surface area contributed by atoms with Crippen LogP contribution in [0.25, 0.3) is 11.0 Å². The van der Waals surface area contributed by atoms with Crippen molar-refractivity contribution < 1.29 is 0 Å². The minimum absolute atomic E-state index is 0.172. The van der Waals surface area contributed by atoms with Gasteiger partial charge in [0.25, 0.3) is 0 Å². The molecule has 0 saturated heterocycles. The number of nitrogens with two attached hydrogens (primary N) is 1. The standard InChI is InChI=1S/C12H14N4/c1-12(6-7-12)16-11-10(13)14-8-4-2-3-5-9(8)15-11/h2-5H,6-7H2,1H3,(H2,13,14)(H,15,16). The number of nitrogens with zero attached hydrogens (tertiary/aromatic N) is 2. The number of nitrogens with one attached hydrogen (secondary N) is 1. The Morgan fingerprint density at radius 2 is 1.81 bits per heavy atom. The number of hydrogen-bond donors (Lipinski definition) is 2. The van der Waals surface area contributed by atoms with Gasteiger partial charge in [0.1, 0.15) is 0 Å². The number of para-hydroxylation sites is 2. The first-order chi connectivity index (χ1) is 7.66. The van der Waals surface area contributed by atoms with Crippen molar-refractivity contribution in [3.63, 3.8) is 0 Å². The maximum absolute atomic E-state index is 5.89. The zero-order valence-corrected chi connectivity index (χ0v) is 9.20. The summed E-state index contributed by atoms with van der Waals surface area (Å²) in [5.41, 5.74) is 7.77. The molecule has 1 saturated carbocycles. The smallest absolute Gasteiger partial charge is 0.169 e. The maximum atomic E-state index is 5.89. The van der Waals surface area contributed by atoms with Crippen LogP contribution in [0, 0.1) is 0 Å². The quantitative estimate of drug-likeness (QED) is 0.804. The number of anilines is 2. The largest absolute Gasteiger partial charge is 0.381 e. The summed E-state index contributed by atoms with van der Waals surface area (Å²) in [5, 5.41) is 3.35. The van der Waals surface area contributed by atoms with Crippen molar-refractivity contribution >= 4 is 22.7 Å². The second-order valence-electron chi connectivity index (χ2n) is 4.63. The summed E-state index contributed by atoms with van der Waals surface area (Å²) in [6.45, 7) is 2.17. The number of nitrogen functional groups attached to an aromatic ring is 1. The van der Waals surface area contributed by atoms with Gasteiger partial charge in [-0.1, -0.05) is 12.1 Å². The topological polar surface area (TPSA) is 63.8 Å². The molecule has 3 rings (SSSR count). The van der Waals surface area contributed by atoms with E-state index >= 15 is 0 Å². The molecule has 1 aliphatic rings. The van der Waals surface area contributed by atoms with Gasteiger partial charge in [-0.2, -0.15) is 0 Å². The molecule has 0 unspecified atom stereocenters. The zero-order valence-electron chi connectivity index (χ0n) is 9.20. The van der Waals surface area contributed by atoms with E-state index in [9.17, 15) is 0 Å². The summed E-state index contributed by atoms with van der Waals surface area (Å²) < 4.78 is 0. The molecule has 4 nitrogen and oxygen atoms in total. The van der Waals surface area contributed by atoms with E-state index < -0.39 is 0 Å². The first-order valence-corrected chi connectivity index (χ1v) is 5.47. The third-order valence-corrected chi connectivity index (χ3v) is 3.02. The fraction of sp³-hybridized carbons (Fsp3) is 0.333. The molecule has 1 aromatic carbocycles. The van der Waals surface area contributed by atoms with E-state index in [0.717, 1.165) is 11.0 Å². The summed E-state index contributed by atoms with van der Waals surface area (Å²) in [7, 11) is 0. The van der Waals surface area contributed by atoms with Gasteiger partial charge in [-0.05, 0) is 31.9 Å². The molecule has 1 aromatic heterocycles. The van der Waals surface area contributed by atoms with Crippen LogP contribution in [0.4, 0.5) is 11.6 Å². The number of rotatable bonds is 2. The SMILES string of the molecule is CC1(Nc2nc3ccccc3nc2N)CC1. The molecule has 0 bridgehead atoms. The predicted molar refractivity (Wildman–Crippen MR) is 65.2 cm³/mol. The van der Waals surface area contributed by atoms with Crippen molar-refractivity contribution in [1.82, 2.24) is 9.97 Å². The fourth-order valence-corrected chi connectivity index (χ4v) is 1.70. The van der Waals surface area contributed by atoms with Crippen molar-refractivity contribution in [2.45, 2.75) is 25.3 Å². The van der Waals surface area contributed by atoms with Crippen LogP contribution in [-0.4, -0.2) is 15.5 Å². The molecule has 16 heavy (non-hydrogen) atoms. The molecule has 0 spiro atoms. The third kappa shape index (κ3) is 1.56. The Labute approximate surface area is 93.9 Å². The Hall–Kier alpha value is -1.84. The van der Waals surface area contributed by atoms with Gasteiger partial charge in [0.2, 0.25) is 0 Å². The van der Waals surface area contributed by atoms with Crippen LogP contribution < -0.4 is 11.1 Å². The number of benzene rings is 1. The molecule has 1 aliphatic carbocycles. The van der Waals surface area contributed by atoms with Gasteiger partial charge in [-0.25, -0.2) is 9.97 Å². The Kier molecular flexibility index (Phi) is 1.80. The highest BCUT2D eigenvalue weighted by molar-refractivity contribution is 5.79. The minimum Gasteiger partial charge on any atom is -0.381 e. The number of aromatic nitrogens is 2. The Bertz CT molecular complexity index is 546. The van der Waals surface area contributed by atoms with Gasteiger partial charge in [-0.15, -0.1) is 0 Å². The van der Waals surface area contributed by atoms with Crippen molar-refractivity contribution in [1.29, 1.82) is 0 Å². The highest BCUT2D eigenvalue weighted by Gasteiger charge is 2.38. The second-order valence-corrected chi connectivity index (χ2v) is 4.63. The van der Waals surface area contributed by atoms with Crippen molar-refractivity contribution in [3.8, 4) is 0 Å². The van der Waals surface area contributed by atoms with Crippen LogP contribution in [0.1, 0.15) is 19.8 Å². The average Bonchev–Trinajstić information content (AvgIpc) is 2.97. The molecule has 1 heterocycles. The monoisotopic (exact) mass is 214 g/mol. The average molecular weight is 214 g/mol. The Balaban J connectivity index is 2.07. The van der Waals surface area contributed by atoms with Crippen molar-refractivity contribution in [2.75, 3.05) is 11.1 Å². The first-order valence-electron chi connectivity index (χ1n) is 5.47. The highest BCUT2D eigenvalue weighted by atomic mass is 15.1. The van der Waals surface area contributed by atoms with Gasteiger partial charge in [0.15, 0.2) is 11.6 Å². The molecular formula is C12H14N4. The lowest BCUT2D eigenvalue weighted by atomic mass is 10.3. The van der Waals surface area contributed by atoms with Crippen LogP contribution in [0.15, 0.2) is 24.3 Å². The molecule has 0 radical (unpaired) electrons. The molecule has 1 fully saturated rings. The number of hydrogen-bond acceptors (Lipinski definition) is 4. The van der Waals surface area contributed by atoms with Crippen molar-refractivity contribution in [2.24, 2.45) is 0 Å². The summed E-state index contributed by atoms with van der Waals surface area (Å²) >= 11 is 0. The van der Waals surface area contributed by atoms with Gasteiger partial charge in [-0.3, -0.25) is 0 Å². The lowest BCUT2D eigenvalue weighted by Gasteiger charge is -2.13. The first kappa shape index (κ1) is 9.39. The summed E-state index contributed by atoms with van der Waals surface area (Å²) in [6, 6.07) is 7.76. The lowest BCUT2D eigenvalue weighted by Crippen LogP contribution is -2.18. The van der Waals surface area contributed by atoms with Crippen LogP contribution >= 0.6 is 0 Å². The molecular weight excluding hydrogens is 200 g/mol. The van der Waals surface area contributed by atoms with E-state index in [1.807, 2.05) is 24.3 Å². The normalized spacial score (nSPS) is 17.3. The maximum Gasteiger partial charge on any atom is 0.169 e. The van der Waals surface area contributed by atoms with Crippen LogP contribution in [0.2, 0.25) is 0 Å². The zero-order chi connectivity index (χ0) is 11.2. The van der Waals surface area contributed by atoms with Gasteiger partial charge < -0.3 is 11.1 Å². The van der Waals surface area contributed by atoms with Gasteiger partial charge >= 0.3 is 0 Å². The number of fused-ring (bicyclic) bond motifs is 1. The molecule has 3 N–H and O–H groups in total. The highest BCUT2D eigenvalue weighted by Crippen LogP contribution is 2.38. The van der Waals surface area contributed by atoms with E-state index in [2.05, 4.69) is 22.2 Å². The predicted octanol–water partition coefficient (Wildman–Crippen LogP) is 2.18. The molecule has 0 atom stereocenters. The van der Waals surface area contributed by atoms with E-state index in [0.29, 0.717) is 11.6 Å². The Morgan fingerprint density at radius 3 is 2.44 bits per heavy atom. The molecule has 0 amide bonds. The Morgan fingerprint density at radius 1 is 1.19 bits per heavy atom. The van der Waals surface area contributed by atoms with Gasteiger partial charge in [0.05, 0.1) is 11.0 Å². The summed E-state index contributed by atoms with van der Waals surface area (Å²) in [4.78, 5) is 8.84. The van der Waals surface area contributed by atoms with Crippen LogP contribution in [-0.2, 0) is 0 Å². The van der Waals surface area contributed by atoms with Crippen LogP contribution in [0.3, 0.4) is 0 Å². The van der Waals surface area contributed by atoms with E-state index in [4.69, 9.17) is 5.73 Å². The van der Waals surface area contributed by atoms with E-state index in [1.54, 1.807) is 0 Å². The third-order valence-electron chi connectivity index (χ3n) is 3.02. The van der Waals surface area contributed by atoms with Gasteiger partial charge in [0, 0.05) is 5.54 Å². The molecule has 82 valence electrons. The van der Waals surface area contributed by atoms with Crippen LogP contribution in [0.5, 0.6) is 0 Å². The molecule has 0 aliphatic heterocycles. The lowest BCUT2D eigenvalue weighted by molar-refractivity contribution is 0.822. The molecule has 4 heteroatoms. The summed E-state index contributed by atoms with van der Waals surface area (Å²) in [5.74, 6) is 1.19.